The molecule has 0 aliphatic heterocycles. The topological polar surface area (TPSA) is 43.1 Å². The Balaban J connectivity index is 3.43. The molecular formula is C9H10INO. The molecule has 1 aromatic rings. The summed E-state index contributed by atoms with van der Waals surface area (Å²) in [6.45, 7) is 3.45. The third-order valence-electron chi connectivity index (χ3n) is 1.78. The van der Waals surface area contributed by atoms with Gasteiger partial charge in [0.05, 0.1) is 0 Å². The first-order valence-electron chi connectivity index (χ1n) is 3.59. The second-order valence-corrected chi connectivity index (χ2v) is 3.85. The average Bonchev–Trinajstić information content (AvgIpc) is 1.97. The van der Waals surface area contributed by atoms with Crippen molar-refractivity contribution in [3.63, 3.8) is 0 Å². The maximum atomic E-state index is 11.2. The number of benzene rings is 1. The van der Waals surface area contributed by atoms with Gasteiger partial charge in [0.15, 0.2) is 5.78 Å². The van der Waals surface area contributed by atoms with Gasteiger partial charge in [-0.05, 0) is 54.1 Å². The number of halogens is 1. The van der Waals surface area contributed by atoms with Crippen molar-refractivity contribution in [1.29, 1.82) is 0 Å². The molecule has 12 heavy (non-hydrogen) atoms. The molecule has 0 bridgehead atoms. The Kier molecular flexibility index (Phi) is 2.72. The molecular weight excluding hydrogens is 265 g/mol. The van der Waals surface area contributed by atoms with Gasteiger partial charge in [-0.15, -0.1) is 0 Å². The molecule has 0 aromatic heterocycles. The lowest BCUT2D eigenvalue weighted by molar-refractivity contribution is 0.101. The normalized spacial score (nSPS) is 9.92. The second-order valence-electron chi connectivity index (χ2n) is 2.69. The highest BCUT2D eigenvalue weighted by Crippen LogP contribution is 2.22. The van der Waals surface area contributed by atoms with E-state index in [0.717, 1.165) is 9.13 Å². The number of rotatable bonds is 1. The summed E-state index contributed by atoms with van der Waals surface area (Å²) < 4.78 is 1.08. The van der Waals surface area contributed by atoms with E-state index in [2.05, 4.69) is 22.6 Å². The minimum Gasteiger partial charge on any atom is -0.398 e. The first-order valence-corrected chi connectivity index (χ1v) is 4.67. The molecule has 0 unspecified atom stereocenters. The molecule has 0 radical (unpaired) electrons. The number of anilines is 1. The van der Waals surface area contributed by atoms with E-state index in [1.54, 1.807) is 6.07 Å². The van der Waals surface area contributed by atoms with Crippen LogP contribution >= 0.6 is 22.6 Å². The number of hydrogen-bond donors (Lipinski definition) is 1. The fraction of sp³-hybridized carbons (Fsp3) is 0.222. The quantitative estimate of drug-likeness (QED) is 0.486. The second kappa shape index (κ2) is 3.43. The molecule has 0 spiro atoms. The zero-order chi connectivity index (χ0) is 9.30. The molecule has 1 aromatic carbocycles. The van der Waals surface area contributed by atoms with Crippen LogP contribution in [0.15, 0.2) is 12.1 Å². The average molecular weight is 275 g/mol. The van der Waals surface area contributed by atoms with Gasteiger partial charge in [0.25, 0.3) is 0 Å². The molecule has 64 valence electrons. The highest BCUT2D eigenvalue weighted by Gasteiger charge is 2.09. The van der Waals surface area contributed by atoms with E-state index in [1.165, 1.54) is 6.92 Å². The van der Waals surface area contributed by atoms with E-state index >= 15 is 0 Å². The summed E-state index contributed by atoms with van der Waals surface area (Å²) in [6.07, 6.45) is 0. The van der Waals surface area contributed by atoms with Crippen LogP contribution in [0.3, 0.4) is 0 Å². The van der Waals surface area contributed by atoms with E-state index in [1.807, 2.05) is 13.0 Å². The Labute approximate surface area is 85.3 Å². The van der Waals surface area contributed by atoms with Gasteiger partial charge in [0.1, 0.15) is 0 Å². The van der Waals surface area contributed by atoms with Crippen molar-refractivity contribution >= 4 is 34.1 Å². The van der Waals surface area contributed by atoms with Crippen LogP contribution < -0.4 is 5.73 Å². The third-order valence-corrected chi connectivity index (χ3v) is 2.95. The minimum atomic E-state index is 0.0310. The molecule has 2 N–H and O–H groups in total. The lowest BCUT2D eigenvalue weighted by atomic mass is 10.0. The van der Waals surface area contributed by atoms with Crippen LogP contribution in [0.4, 0.5) is 5.69 Å². The lowest BCUT2D eigenvalue weighted by Gasteiger charge is -2.07. The highest BCUT2D eigenvalue weighted by molar-refractivity contribution is 14.1. The highest BCUT2D eigenvalue weighted by atomic mass is 127. The lowest BCUT2D eigenvalue weighted by Crippen LogP contribution is -2.03. The van der Waals surface area contributed by atoms with E-state index < -0.39 is 0 Å². The Morgan fingerprint density at radius 2 is 2.08 bits per heavy atom. The van der Waals surface area contributed by atoms with Gasteiger partial charge in [-0.1, -0.05) is 0 Å². The molecule has 0 aliphatic rings. The SMILES string of the molecule is CC(=O)c1c(N)ccc(I)c1C. The van der Waals surface area contributed by atoms with Crippen LogP contribution in [0.5, 0.6) is 0 Å². The molecule has 0 heterocycles. The van der Waals surface area contributed by atoms with Gasteiger partial charge in [0.2, 0.25) is 0 Å². The van der Waals surface area contributed by atoms with Crippen LogP contribution in [0.2, 0.25) is 0 Å². The molecule has 3 heteroatoms. The molecule has 2 nitrogen and oxygen atoms in total. The fourth-order valence-electron chi connectivity index (χ4n) is 1.17. The van der Waals surface area contributed by atoms with Crippen LogP contribution in [-0.4, -0.2) is 5.78 Å². The zero-order valence-electron chi connectivity index (χ0n) is 7.02. The van der Waals surface area contributed by atoms with Crippen LogP contribution in [0.1, 0.15) is 22.8 Å². The predicted octanol–water partition coefficient (Wildman–Crippen LogP) is 2.38. The maximum Gasteiger partial charge on any atom is 0.162 e. The molecule has 0 saturated carbocycles. The monoisotopic (exact) mass is 275 g/mol. The Morgan fingerprint density at radius 1 is 1.50 bits per heavy atom. The summed E-state index contributed by atoms with van der Waals surface area (Å²) in [4.78, 5) is 11.2. The molecule has 0 fully saturated rings. The van der Waals surface area contributed by atoms with Crippen LogP contribution in [0, 0.1) is 10.5 Å². The molecule has 0 atom stereocenters. The smallest absolute Gasteiger partial charge is 0.162 e. The van der Waals surface area contributed by atoms with E-state index in [9.17, 15) is 4.79 Å². The summed E-state index contributed by atoms with van der Waals surface area (Å²) in [5, 5.41) is 0. The van der Waals surface area contributed by atoms with Crippen molar-refractivity contribution < 1.29 is 4.79 Å². The summed E-state index contributed by atoms with van der Waals surface area (Å²) >= 11 is 2.19. The first kappa shape index (κ1) is 9.51. The van der Waals surface area contributed by atoms with Crippen molar-refractivity contribution in [3.05, 3.63) is 26.8 Å². The fourth-order valence-corrected chi connectivity index (χ4v) is 1.62. The first-order chi connectivity index (χ1) is 5.54. The Morgan fingerprint density at radius 3 is 2.50 bits per heavy atom. The maximum absolute atomic E-state index is 11.2. The third kappa shape index (κ3) is 1.60. The van der Waals surface area contributed by atoms with Gasteiger partial charge < -0.3 is 5.73 Å². The number of ketones is 1. The van der Waals surface area contributed by atoms with Crippen molar-refractivity contribution in [2.45, 2.75) is 13.8 Å². The molecule has 0 saturated heterocycles. The van der Waals surface area contributed by atoms with Gasteiger partial charge in [-0.25, -0.2) is 0 Å². The van der Waals surface area contributed by atoms with Crippen LogP contribution in [0.25, 0.3) is 0 Å². The number of Topliss-reactive ketones (excluding diaryl/α,β-unsaturated/α-hetero) is 1. The van der Waals surface area contributed by atoms with Crippen molar-refractivity contribution in [2.75, 3.05) is 5.73 Å². The molecule has 0 aliphatic carbocycles. The van der Waals surface area contributed by atoms with E-state index in [0.29, 0.717) is 11.3 Å². The number of hydrogen-bond acceptors (Lipinski definition) is 2. The Bertz CT molecular complexity index is 334. The predicted molar refractivity (Wildman–Crippen MR) is 58.3 cm³/mol. The van der Waals surface area contributed by atoms with Gasteiger partial charge >= 0.3 is 0 Å². The minimum absolute atomic E-state index is 0.0310. The van der Waals surface area contributed by atoms with Crippen molar-refractivity contribution in [2.24, 2.45) is 0 Å². The summed E-state index contributed by atoms with van der Waals surface area (Å²) in [5.41, 5.74) is 7.87. The van der Waals surface area contributed by atoms with Crippen molar-refractivity contribution in [1.82, 2.24) is 0 Å². The van der Waals surface area contributed by atoms with E-state index in [-0.39, 0.29) is 5.78 Å². The zero-order valence-corrected chi connectivity index (χ0v) is 9.18. The van der Waals surface area contributed by atoms with Gasteiger partial charge in [-0.3, -0.25) is 4.79 Å². The van der Waals surface area contributed by atoms with E-state index in [4.69, 9.17) is 5.73 Å². The summed E-state index contributed by atoms with van der Waals surface area (Å²) in [6, 6.07) is 3.68. The van der Waals surface area contributed by atoms with Gasteiger partial charge in [-0.2, -0.15) is 0 Å². The number of nitrogen functional groups attached to an aromatic ring is 1. The molecule has 1 rings (SSSR count). The molecule has 0 amide bonds. The summed E-state index contributed by atoms with van der Waals surface area (Å²) in [7, 11) is 0. The number of carbonyl (C=O) groups is 1. The number of nitrogens with two attached hydrogens (primary N) is 1. The Hall–Kier alpha value is -0.580. The number of carbonyl (C=O) groups excluding carboxylic acids is 1. The van der Waals surface area contributed by atoms with Crippen molar-refractivity contribution in [3.8, 4) is 0 Å². The summed E-state index contributed by atoms with van der Waals surface area (Å²) in [5.74, 6) is 0.0310. The van der Waals surface area contributed by atoms with Crippen LogP contribution in [-0.2, 0) is 0 Å². The largest absolute Gasteiger partial charge is 0.398 e. The standard InChI is InChI=1S/C9H10INO/c1-5-7(10)3-4-8(11)9(5)6(2)12/h3-4H,11H2,1-2H3. The van der Waals surface area contributed by atoms with Gasteiger partial charge in [0, 0.05) is 14.8 Å².